The van der Waals surface area contributed by atoms with Crippen LogP contribution in [-0.4, -0.2) is 55.6 Å². The van der Waals surface area contributed by atoms with Gasteiger partial charge in [0.05, 0.1) is 12.4 Å². The topological polar surface area (TPSA) is 71.3 Å². The fourth-order valence-electron chi connectivity index (χ4n) is 1.80. The van der Waals surface area contributed by atoms with Gasteiger partial charge >= 0.3 is 12.0 Å². The summed E-state index contributed by atoms with van der Waals surface area (Å²) in [6.45, 7) is 8.84. The lowest BCUT2D eigenvalue weighted by Crippen LogP contribution is -2.33. The van der Waals surface area contributed by atoms with E-state index in [0.29, 0.717) is 12.2 Å². The van der Waals surface area contributed by atoms with Crippen molar-refractivity contribution in [2.45, 2.75) is 26.2 Å². The number of piperidine rings is 1. The minimum absolute atomic E-state index is 0.276. The summed E-state index contributed by atoms with van der Waals surface area (Å²) in [5.74, 6) is -0.276. The maximum Gasteiger partial charge on any atom is 0.367 e. The molecule has 110 valence electrons. The molecule has 0 aromatic heterocycles. The number of urea groups is 1. The van der Waals surface area contributed by atoms with E-state index < -0.39 is 6.03 Å². The van der Waals surface area contributed by atoms with Crippen LogP contribution in [0.25, 0.3) is 0 Å². The van der Waals surface area contributed by atoms with Gasteiger partial charge < -0.3 is 4.74 Å². The van der Waals surface area contributed by atoms with E-state index in [9.17, 15) is 9.59 Å². The van der Waals surface area contributed by atoms with Crippen molar-refractivity contribution in [2.75, 3.05) is 26.2 Å². The zero-order chi connectivity index (χ0) is 14.8. The van der Waals surface area contributed by atoms with Crippen LogP contribution < -0.4 is 0 Å². The average Bonchev–Trinajstić information content (AvgIpc) is 2.91. The van der Waals surface area contributed by atoms with Gasteiger partial charge in [0.2, 0.25) is 0 Å². The zero-order valence-electron chi connectivity index (χ0n) is 11.9. The van der Waals surface area contributed by atoms with Crippen molar-refractivity contribution >= 4 is 24.4 Å². The van der Waals surface area contributed by atoms with E-state index in [1.165, 1.54) is 31.7 Å². The van der Waals surface area contributed by atoms with Crippen LogP contribution in [0.5, 0.6) is 0 Å². The summed E-state index contributed by atoms with van der Waals surface area (Å²) in [6.07, 6.45) is 6.61. The molecule has 1 fully saturated rings. The van der Waals surface area contributed by atoms with Crippen molar-refractivity contribution in [1.82, 2.24) is 4.90 Å². The van der Waals surface area contributed by atoms with E-state index in [4.69, 9.17) is 4.74 Å². The average molecular weight is 279 g/mol. The van der Waals surface area contributed by atoms with Gasteiger partial charge in [0.1, 0.15) is 6.61 Å². The van der Waals surface area contributed by atoms with Gasteiger partial charge in [0, 0.05) is 12.1 Å². The predicted molar refractivity (Wildman–Crippen MR) is 78.4 cm³/mol. The quantitative estimate of drug-likeness (QED) is 0.581. The number of rotatable bonds is 4. The number of ether oxygens (including phenoxy) is 1. The molecule has 0 spiro atoms. The highest BCUT2D eigenvalue weighted by atomic mass is 16.5. The first-order chi connectivity index (χ1) is 9.59. The molecule has 0 aromatic carbocycles. The molecule has 2 amide bonds. The molecule has 0 saturated carbocycles. The Morgan fingerprint density at radius 2 is 1.90 bits per heavy atom. The number of esters is 1. The minimum atomic E-state index is -0.407. The van der Waals surface area contributed by atoms with Crippen molar-refractivity contribution in [3.05, 3.63) is 12.2 Å². The summed E-state index contributed by atoms with van der Waals surface area (Å²) < 4.78 is 5.03. The summed E-state index contributed by atoms with van der Waals surface area (Å²) in [6, 6.07) is -0.407. The molecule has 20 heavy (non-hydrogen) atoms. The summed E-state index contributed by atoms with van der Waals surface area (Å²) >= 11 is 0. The molecular formula is C14H21N3O3. The first-order valence-electron chi connectivity index (χ1n) is 6.75. The molecule has 2 aliphatic rings. The SMILES string of the molecule is C=C(C)C(=O)OCCN1CCCCC1.O=C1N=CC=N1. The Hall–Kier alpha value is -1.82. The minimum Gasteiger partial charge on any atom is -0.461 e. The molecule has 1 saturated heterocycles. The van der Waals surface area contributed by atoms with E-state index in [-0.39, 0.29) is 5.97 Å². The van der Waals surface area contributed by atoms with Crippen LogP contribution in [0.4, 0.5) is 4.79 Å². The third kappa shape index (κ3) is 6.94. The summed E-state index contributed by atoms with van der Waals surface area (Å²) in [7, 11) is 0. The maximum atomic E-state index is 11.0. The molecule has 0 unspecified atom stereocenters. The second-order valence-electron chi connectivity index (χ2n) is 4.66. The van der Waals surface area contributed by atoms with Gasteiger partial charge in [0.15, 0.2) is 0 Å². The lowest BCUT2D eigenvalue weighted by atomic mass is 10.1. The van der Waals surface area contributed by atoms with E-state index >= 15 is 0 Å². The Morgan fingerprint density at radius 3 is 2.35 bits per heavy atom. The third-order valence-electron chi connectivity index (χ3n) is 2.87. The van der Waals surface area contributed by atoms with Gasteiger partial charge in [-0.15, -0.1) is 0 Å². The predicted octanol–water partition coefficient (Wildman–Crippen LogP) is 1.85. The molecule has 0 aromatic rings. The van der Waals surface area contributed by atoms with Crippen LogP contribution in [0.3, 0.4) is 0 Å². The molecule has 0 aliphatic carbocycles. The number of hydrogen-bond donors (Lipinski definition) is 0. The number of likely N-dealkylation sites (tertiary alicyclic amines) is 1. The zero-order valence-corrected chi connectivity index (χ0v) is 11.9. The maximum absolute atomic E-state index is 11.0. The van der Waals surface area contributed by atoms with E-state index in [1.54, 1.807) is 6.92 Å². The van der Waals surface area contributed by atoms with Crippen molar-refractivity contribution in [2.24, 2.45) is 9.98 Å². The molecule has 2 rings (SSSR count). The van der Waals surface area contributed by atoms with Gasteiger partial charge in [-0.2, -0.15) is 9.98 Å². The van der Waals surface area contributed by atoms with Crippen molar-refractivity contribution in [3.8, 4) is 0 Å². The van der Waals surface area contributed by atoms with Crippen LogP contribution in [-0.2, 0) is 9.53 Å². The number of carbonyl (C=O) groups excluding carboxylic acids is 2. The number of aliphatic imine (C=N–C) groups is 2. The molecule has 2 aliphatic heterocycles. The van der Waals surface area contributed by atoms with Gasteiger partial charge in [-0.25, -0.2) is 9.59 Å². The Morgan fingerprint density at radius 1 is 1.30 bits per heavy atom. The van der Waals surface area contributed by atoms with Crippen molar-refractivity contribution < 1.29 is 14.3 Å². The molecule has 0 bridgehead atoms. The van der Waals surface area contributed by atoms with Crippen LogP contribution in [0.1, 0.15) is 26.2 Å². The highest BCUT2D eigenvalue weighted by Gasteiger charge is 2.10. The normalized spacial score (nSPS) is 17.6. The van der Waals surface area contributed by atoms with Gasteiger partial charge in [-0.05, 0) is 32.9 Å². The van der Waals surface area contributed by atoms with E-state index in [2.05, 4.69) is 21.5 Å². The number of nitrogens with zero attached hydrogens (tertiary/aromatic N) is 3. The highest BCUT2D eigenvalue weighted by Crippen LogP contribution is 2.07. The van der Waals surface area contributed by atoms with Crippen molar-refractivity contribution in [3.63, 3.8) is 0 Å². The lowest BCUT2D eigenvalue weighted by molar-refractivity contribution is -0.139. The molecular weight excluding hydrogens is 258 g/mol. The smallest absolute Gasteiger partial charge is 0.367 e. The van der Waals surface area contributed by atoms with Gasteiger partial charge in [-0.1, -0.05) is 13.0 Å². The van der Waals surface area contributed by atoms with Crippen LogP contribution in [0.2, 0.25) is 0 Å². The Bertz CT molecular complexity index is 396. The van der Waals surface area contributed by atoms with Crippen LogP contribution in [0, 0.1) is 0 Å². The van der Waals surface area contributed by atoms with Gasteiger partial charge in [0.25, 0.3) is 0 Å². The molecule has 0 atom stereocenters. The Balaban J connectivity index is 0.000000276. The second-order valence-corrected chi connectivity index (χ2v) is 4.66. The van der Waals surface area contributed by atoms with Crippen LogP contribution in [0.15, 0.2) is 22.1 Å². The van der Waals surface area contributed by atoms with E-state index in [1.807, 2.05) is 0 Å². The number of carbonyl (C=O) groups is 2. The Labute approximate surface area is 119 Å². The third-order valence-corrected chi connectivity index (χ3v) is 2.87. The molecule has 6 heteroatoms. The Kier molecular flexibility index (Phi) is 7.42. The van der Waals surface area contributed by atoms with Gasteiger partial charge in [-0.3, -0.25) is 4.90 Å². The first kappa shape index (κ1) is 16.2. The van der Waals surface area contributed by atoms with E-state index in [0.717, 1.165) is 19.6 Å². The molecule has 0 N–H and O–H groups in total. The molecule has 0 radical (unpaired) electrons. The first-order valence-corrected chi connectivity index (χ1v) is 6.75. The largest absolute Gasteiger partial charge is 0.461 e. The van der Waals surface area contributed by atoms with Crippen LogP contribution >= 0.6 is 0 Å². The highest BCUT2D eigenvalue weighted by molar-refractivity contribution is 6.25. The summed E-state index contributed by atoms with van der Waals surface area (Å²) in [5.41, 5.74) is 0.476. The number of hydrogen-bond acceptors (Lipinski definition) is 4. The fraction of sp³-hybridized carbons (Fsp3) is 0.571. The summed E-state index contributed by atoms with van der Waals surface area (Å²) in [5, 5.41) is 0. The standard InChI is InChI=1S/C11H19NO2.C3H2N2O/c1-10(2)11(13)14-9-8-12-6-4-3-5-7-12;6-3-4-1-2-5-3/h1,3-9H2,2H3;1-2H. The van der Waals surface area contributed by atoms with Crippen molar-refractivity contribution in [1.29, 1.82) is 0 Å². The fourth-order valence-corrected chi connectivity index (χ4v) is 1.80. The molecule has 2 heterocycles. The monoisotopic (exact) mass is 279 g/mol. The lowest BCUT2D eigenvalue weighted by Gasteiger charge is -2.25. The number of amides is 2. The second kappa shape index (κ2) is 9.14. The molecule has 6 nitrogen and oxygen atoms in total. The summed E-state index contributed by atoms with van der Waals surface area (Å²) in [4.78, 5) is 29.7.